The molecule has 0 heterocycles. The first-order valence-electron chi connectivity index (χ1n) is 7.95. The molecule has 0 radical (unpaired) electrons. The van der Waals surface area contributed by atoms with Gasteiger partial charge in [0.15, 0.2) is 0 Å². The van der Waals surface area contributed by atoms with E-state index in [1.54, 1.807) is 37.5 Å². The summed E-state index contributed by atoms with van der Waals surface area (Å²) in [4.78, 5) is 23.0. The average Bonchev–Trinajstić information content (AvgIpc) is 2.56. The van der Waals surface area contributed by atoms with Crippen LogP contribution in [0.25, 0.3) is 0 Å². The zero-order chi connectivity index (χ0) is 18.2. The smallest absolute Gasteiger partial charge is 0.248 e. The maximum absolute atomic E-state index is 12.1. The van der Waals surface area contributed by atoms with Crippen LogP contribution in [-0.4, -0.2) is 18.9 Å². The predicted octanol–water partition coefficient (Wildman–Crippen LogP) is 2.85. The van der Waals surface area contributed by atoms with Gasteiger partial charge in [0.1, 0.15) is 5.75 Å². The zero-order valence-corrected chi connectivity index (χ0v) is 14.4. The first kappa shape index (κ1) is 18.3. The molecule has 5 nitrogen and oxygen atoms in total. The standard InChI is InChI=1S/C20H22N2O3/c1-14(11-16-5-3-4-6-18(16)25-2)12-20(24)22-17-9-7-15(8-10-17)13-19(21)23/h3-10,12H,11,13H2,1-2H3,(H2,21,23)(H,22,24)/b14-12+. The number of benzene rings is 2. The number of para-hydroxylation sites is 1. The maximum Gasteiger partial charge on any atom is 0.248 e. The van der Waals surface area contributed by atoms with E-state index in [-0.39, 0.29) is 18.2 Å². The monoisotopic (exact) mass is 338 g/mol. The molecule has 0 aliphatic carbocycles. The Labute approximate surface area is 147 Å². The van der Waals surface area contributed by atoms with E-state index in [4.69, 9.17) is 10.5 Å². The summed E-state index contributed by atoms with van der Waals surface area (Å²) >= 11 is 0. The molecule has 0 saturated heterocycles. The first-order chi connectivity index (χ1) is 12.0. The van der Waals surface area contributed by atoms with Gasteiger partial charge in [-0.25, -0.2) is 0 Å². The first-order valence-corrected chi connectivity index (χ1v) is 7.95. The Kier molecular flexibility index (Phi) is 6.34. The van der Waals surface area contributed by atoms with Crippen LogP contribution in [0.2, 0.25) is 0 Å². The maximum atomic E-state index is 12.1. The van der Waals surface area contributed by atoms with E-state index in [2.05, 4.69) is 5.32 Å². The number of ether oxygens (including phenoxy) is 1. The summed E-state index contributed by atoms with van der Waals surface area (Å²) in [5.74, 6) is 0.224. The number of nitrogens with two attached hydrogens (primary N) is 1. The van der Waals surface area contributed by atoms with Crippen LogP contribution in [0.4, 0.5) is 5.69 Å². The molecule has 2 aromatic carbocycles. The largest absolute Gasteiger partial charge is 0.496 e. The molecule has 0 aromatic heterocycles. The minimum atomic E-state index is -0.383. The molecule has 0 spiro atoms. The number of primary amides is 1. The third kappa shape index (κ3) is 5.80. The molecule has 2 aromatic rings. The fourth-order valence-corrected chi connectivity index (χ4v) is 2.51. The fraction of sp³-hybridized carbons (Fsp3) is 0.200. The number of methoxy groups -OCH3 is 1. The Balaban J connectivity index is 1.98. The molecule has 0 fully saturated rings. The molecule has 5 heteroatoms. The normalized spacial score (nSPS) is 11.0. The number of rotatable bonds is 7. The van der Waals surface area contributed by atoms with E-state index < -0.39 is 0 Å². The molecular weight excluding hydrogens is 316 g/mol. The minimum Gasteiger partial charge on any atom is -0.496 e. The van der Waals surface area contributed by atoms with Gasteiger partial charge in [-0.05, 0) is 42.7 Å². The predicted molar refractivity (Wildman–Crippen MR) is 98.4 cm³/mol. The van der Waals surface area contributed by atoms with E-state index in [1.165, 1.54) is 0 Å². The van der Waals surface area contributed by atoms with Gasteiger partial charge in [-0.1, -0.05) is 35.9 Å². The summed E-state index contributed by atoms with van der Waals surface area (Å²) in [5, 5.41) is 2.80. The van der Waals surface area contributed by atoms with Gasteiger partial charge in [-0.15, -0.1) is 0 Å². The highest BCUT2D eigenvalue weighted by Gasteiger charge is 2.05. The Morgan fingerprint density at radius 2 is 1.76 bits per heavy atom. The van der Waals surface area contributed by atoms with Gasteiger partial charge in [-0.3, -0.25) is 9.59 Å². The minimum absolute atomic E-state index is 0.187. The van der Waals surface area contributed by atoms with Gasteiger partial charge in [0.2, 0.25) is 11.8 Å². The van der Waals surface area contributed by atoms with E-state index >= 15 is 0 Å². The van der Waals surface area contributed by atoms with Gasteiger partial charge in [-0.2, -0.15) is 0 Å². The van der Waals surface area contributed by atoms with Gasteiger partial charge < -0.3 is 15.8 Å². The van der Waals surface area contributed by atoms with Gasteiger partial charge >= 0.3 is 0 Å². The number of allylic oxidation sites excluding steroid dienone is 1. The highest BCUT2D eigenvalue weighted by atomic mass is 16.5. The number of carbonyl (C=O) groups is 2. The Bertz CT molecular complexity index is 780. The second kappa shape index (κ2) is 8.68. The van der Waals surface area contributed by atoms with Crippen molar-refractivity contribution in [3.63, 3.8) is 0 Å². The Morgan fingerprint density at radius 3 is 2.40 bits per heavy atom. The van der Waals surface area contributed by atoms with Crippen LogP contribution >= 0.6 is 0 Å². The Morgan fingerprint density at radius 1 is 1.08 bits per heavy atom. The molecule has 0 atom stereocenters. The summed E-state index contributed by atoms with van der Waals surface area (Å²) in [7, 11) is 1.63. The topological polar surface area (TPSA) is 81.4 Å². The molecule has 0 unspecified atom stereocenters. The fourth-order valence-electron chi connectivity index (χ4n) is 2.51. The number of anilines is 1. The third-order valence-electron chi connectivity index (χ3n) is 3.64. The number of hydrogen-bond acceptors (Lipinski definition) is 3. The van der Waals surface area contributed by atoms with Crippen LogP contribution in [0, 0.1) is 0 Å². The van der Waals surface area contributed by atoms with Crippen molar-refractivity contribution in [2.75, 3.05) is 12.4 Å². The van der Waals surface area contributed by atoms with Crippen molar-refractivity contribution in [3.05, 3.63) is 71.3 Å². The molecule has 0 saturated carbocycles. The van der Waals surface area contributed by atoms with Crippen LogP contribution in [0.3, 0.4) is 0 Å². The zero-order valence-electron chi connectivity index (χ0n) is 14.4. The van der Waals surface area contributed by atoms with Crippen LogP contribution in [-0.2, 0) is 22.4 Å². The van der Waals surface area contributed by atoms with Crippen LogP contribution in [0.1, 0.15) is 18.1 Å². The number of nitrogens with one attached hydrogen (secondary N) is 1. The Hall–Kier alpha value is -3.08. The highest BCUT2D eigenvalue weighted by Crippen LogP contribution is 2.20. The molecule has 0 bridgehead atoms. The highest BCUT2D eigenvalue weighted by molar-refractivity contribution is 5.99. The molecule has 130 valence electrons. The average molecular weight is 338 g/mol. The molecule has 0 aliphatic rings. The summed E-state index contributed by atoms with van der Waals surface area (Å²) in [6.45, 7) is 1.90. The number of amides is 2. The lowest BCUT2D eigenvalue weighted by Gasteiger charge is -2.08. The molecule has 2 rings (SSSR count). The molecular formula is C20H22N2O3. The van der Waals surface area contributed by atoms with Crippen molar-refractivity contribution in [3.8, 4) is 5.75 Å². The van der Waals surface area contributed by atoms with Crippen molar-refractivity contribution in [1.29, 1.82) is 0 Å². The van der Waals surface area contributed by atoms with E-state index in [1.807, 2.05) is 31.2 Å². The SMILES string of the molecule is COc1ccccc1C/C(C)=C/C(=O)Nc1ccc(CC(N)=O)cc1. The van der Waals surface area contributed by atoms with Crippen molar-refractivity contribution in [2.24, 2.45) is 5.73 Å². The lowest BCUT2D eigenvalue weighted by atomic mass is 10.0. The number of carbonyl (C=O) groups excluding carboxylic acids is 2. The second-order valence-electron chi connectivity index (χ2n) is 5.81. The van der Waals surface area contributed by atoms with Crippen molar-refractivity contribution in [1.82, 2.24) is 0 Å². The van der Waals surface area contributed by atoms with E-state index in [0.29, 0.717) is 12.1 Å². The van der Waals surface area contributed by atoms with Gasteiger partial charge in [0.05, 0.1) is 13.5 Å². The quantitative estimate of drug-likeness (QED) is 0.762. The third-order valence-corrected chi connectivity index (χ3v) is 3.64. The summed E-state index contributed by atoms with van der Waals surface area (Å²) in [5.41, 5.74) is 8.59. The lowest BCUT2D eigenvalue weighted by molar-refractivity contribution is -0.117. The van der Waals surface area contributed by atoms with Crippen LogP contribution in [0.15, 0.2) is 60.2 Å². The molecule has 3 N–H and O–H groups in total. The molecule has 2 amide bonds. The molecule has 25 heavy (non-hydrogen) atoms. The lowest BCUT2D eigenvalue weighted by Crippen LogP contribution is -2.13. The van der Waals surface area contributed by atoms with Crippen LogP contribution < -0.4 is 15.8 Å². The summed E-state index contributed by atoms with van der Waals surface area (Å²) < 4.78 is 5.32. The van der Waals surface area contributed by atoms with E-state index in [0.717, 1.165) is 22.4 Å². The summed E-state index contributed by atoms with van der Waals surface area (Å²) in [6.07, 6.45) is 2.39. The van der Waals surface area contributed by atoms with Crippen molar-refractivity contribution >= 4 is 17.5 Å². The molecule has 0 aliphatic heterocycles. The van der Waals surface area contributed by atoms with Crippen molar-refractivity contribution in [2.45, 2.75) is 19.8 Å². The van der Waals surface area contributed by atoms with Crippen molar-refractivity contribution < 1.29 is 14.3 Å². The van der Waals surface area contributed by atoms with E-state index in [9.17, 15) is 9.59 Å². The second-order valence-corrected chi connectivity index (χ2v) is 5.81. The van der Waals surface area contributed by atoms with Gasteiger partial charge in [0, 0.05) is 11.8 Å². The van der Waals surface area contributed by atoms with Crippen LogP contribution in [0.5, 0.6) is 5.75 Å². The summed E-state index contributed by atoms with van der Waals surface area (Å²) in [6, 6.07) is 14.8. The number of hydrogen-bond donors (Lipinski definition) is 2. The van der Waals surface area contributed by atoms with Gasteiger partial charge in [0.25, 0.3) is 0 Å².